The molecule has 3 rings (SSSR count). The highest BCUT2D eigenvalue weighted by atomic mass is 35.5. The van der Waals surface area contributed by atoms with Crippen molar-refractivity contribution in [1.29, 1.82) is 0 Å². The van der Waals surface area contributed by atoms with Crippen molar-refractivity contribution in [3.63, 3.8) is 0 Å². The lowest BCUT2D eigenvalue weighted by Gasteiger charge is -2.15. The third kappa shape index (κ3) is 4.33. The van der Waals surface area contributed by atoms with Crippen LogP contribution in [0.2, 0.25) is 4.34 Å². The van der Waals surface area contributed by atoms with Crippen LogP contribution in [0.25, 0.3) is 0 Å². The second-order valence-electron chi connectivity index (χ2n) is 5.74. The fraction of sp³-hybridized carbons (Fsp3) is 0.250. The number of amides is 1. The molecule has 29 heavy (non-hydrogen) atoms. The third-order valence-electron chi connectivity index (χ3n) is 3.86. The summed E-state index contributed by atoms with van der Waals surface area (Å²) >= 11 is 7.11. The van der Waals surface area contributed by atoms with Crippen molar-refractivity contribution < 1.29 is 36.0 Å². The number of anilines is 1. The van der Waals surface area contributed by atoms with Gasteiger partial charge in [-0.25, -0.2) is 8.42 Å². The van der Waals surface area contributed by atoms with Crippen LogP contribution in [0.4, 0.5) is 18.9 Å². The number of oxime groups is 1. The Morgan fingerprint density at radius 1 is 1.34 bits per heavy atom. The quantitative estimate of drug-likeness (QED) is 0.719. The maximum atomic E-state index is 12.8. The minimum absolute atomic E-state index is 0.0244. The lowest BCUT2D eigenvalue weighted by molar-refractivity contribution is -0.125. The summed E-state index contributed by atoms with van der Waals surface area (Å²) in [4.78, 5) is 17.2. The Balaban J connectivity index is 1.79. The molecule has 0 fully saturated rings. The molecule has 0 radical (unpaired) electrons. The molecule has 1 aliphatic heterocycles. The zero-order chi connectivity index (χ0) is 21.4. The molecular weight excluding hydrogens is 457 g/mol. The van der Waals surface area contributed by atoms with Gasteiger partial charge in [-0.05, 0) is 30.3 Å². The van der Waals surface area contributed by atoms with Gasteiger partial charge in [-0.2, -0.15) is 13.2 Å². The number of benzene rings is 1. The van der Waals surface area contributed by atoms with Gasteiger partial charge in [-0.1, -0.05) is 16.8 Å². The zero-order valence-electron chi connectivity index (χ0n) is 14.5. The summed E-state index contributed by atoms with van der Waals surface area (Å²) in [6.07, 6.45) is -0.954. The number of rotatable bonds is 5. The molecule has 1 aromatic carbocycles. The average Bonchev–Trinajstić information content (AvgIpc) is 3.29. The number of carbonyl (C=O) groups excluding carboxylic acids is 1. The average molecular weight is 469 g/mol. The molecule has 0 saturated carbocycles. The van der Waals surface area contributed by atoms with Crippen LogP contribution in [0.1, 0.15) is 11.3 Å². The first kappa shape index (κ1) is 21.4. The van der Waals surface area contributed by atoms with Gasteiger partial charge in [0.25, 0.3) is 15.7 Å². The van der Waals surface area contributed by atoms with E-state index >= 15 is 0 Å². The first-order chi connectivity index (χ1) is 13.5. The molecule has 2 aromatic rings. The SMILES string of the molecule is COc1ccc(S(=O)(=O)C(F)(F)F)cc1NC(=O)C1CC(c2ccc(Cl)s2)=NO1. The van der Waals surface area contributed by atoms with E-state index in [0.29, 0.717) is 21.0 Å². The largest absolute Gasteiger partial charge is 0.501 e. The van der Waals surface area contributed by atoms with Crippen LogP contribution in [-0.4, -0.2) is 38.8 Å². The molecule has 1 N–H and O–H groups in total. The van der Waals surface area contributed by atoms with E-state index in [0.717, 1.165) is 12.1 Å². The van der Waals surface area contributed by atoms with Crippen LogP contribution in [0.5, 0.6) is 5.75 Å². The summed E-state index contributed by atoms with van der Waals surface area (Å²) in [6.45, 7) is 0. The lowest BCUT2D eigenvalue weighted by atomic mass is 10.1. The number of halogens is 4. The van der Waals surface area contributed by atoms with E-state index in [2.05, 4.69) is 10.5 Å². The second-order valence-corrected chi connectivity index (χ2v) is 9.40. The van der Waals surface area contributed by atoms with Crippen LogP contribution in [0.3, 0.4) is 0 Å². The Bertz CT molecular complexity index is 1080. The Morgan fingerprint density at radius 3 is 2.66 bits per heavy atom. The molecule has 2 heterocycles. The normalized spacial score (nSPS) is 16.9. The highest BCUT2D eigenvalue weighted by Crippen LogP contribution is 2.35. The number of alkyl halides is 3. The molecule has 0 aliphatic carbocycles. The van der Waals surface area contributed by atoms with Gasteiger partial charge < -0.3 is 14.9 Å². The molecule has 0 saturated heterocycles. The van der Waals surface area contributed by atoms with Crippen molar-refractivity contribution in [2.45, 2.75) is 22.9 Å². The van der Waals surface area contributed by atoms with Gasteiger partial charge in [-0.15, -0.1) is 11.3 Å². The van der Waals surface area contributed by atoms with Crippen molar-refractivity contribution in [1.82, 2.24) is 0 Å². The topological polar surface area (TPSA) is 94.1 Å². The number of nitrogens with zero attached hydrogens (tertiary/aromatic N) is 1. The van der Waals surface area contributed by atoms with E-state index < -0.39 is 32.3 Å². The number of carbonyl (C=O) groups is 1. The summed E-state index contributed by atoms with van der Waals surface area (Å²) in [5, 5.41) is 6.15. The third-order valence-corrected chi connectivity index (χ3v) is 6.63. The standard InChI is InChI=1S/C16H12ClF3N2O5S2/c1-26-11-3-2-8(29(24,25)16(18,19)20)6-9(11)21-15(23)12-7-10(22-27-12)13-4-5-14(17)28-13/h2-6,12H,7H2,1H3,(H,21,23). The fourth-order valence-corrected chi connectivity index (χ4v) is 4.25. The predicted octanol–water partition coefficient (Wildman–Crippen LogP) is 3.84. The van der Waals surface area contributed by atoms with Gasteiger partial charge in [-0.3, -0.25) is 4.79 Å². The van der Waals surface area contributed by atoms with E-state index in [4.69, 9.17) is 21.2 Å². The maximum Gasteiger partial charge on any atom is 0.501 e. The number of sulfone groups is 1. The first-order valence-electron chi connectivity index (χ1n) is 7.81. The Morgan fingerprint density at radius 2 is 2.07 bits per heavy atom. The van der Waals surface area contributed by atoms with Crippen LogP contribution in [-0.2, 0) is 19.5 Å². The van der Waals surface area contributed by atoms with Crippen LogP contribution in [0, 0.1) is 0 Å². The number of nitrogens with one attached hydrogen (secondary N) is 1. The van der Waals surface area contributed by atoms with Gasteiger partial charge in [0.15, 0.2) is 0 Å². The van der Waals surface area contributed by atoms with Crippen molar-refractivity contribution in [2.75, 3.05) is 12.4 Å². The first-order valence-corrected chi connectivity index (χ1v) is 10.5. The predicted molar refractivity (Wildman–Crippen MR) is 100 cm³/mol. The summed E-state index contributed by atoms with van der Waals surface area (Å²) < 4.78 is 67.1. The molecule has 7 nitrogen and oxygen atoms in total. The van der Waals surface area contributed by atoms with E-state index in [1.807, 2.05) is 0 Å². The van der Waals surface area contributed by atoms with Crippen molar-refractivity contribution in [2.24, 2.45) is 5.16 Å². The van der Waals surface area contributed by atoms with Gasteiger partial charge >= 0.3 is 5.51 Å². The van der Waals surface area contributed by atoms with E-state index in [1.54, 1.807) is 12.1 Å². The van der Waals surface area contributed by atoms with Gasteiger partial charge in [0, 0.05) is 6.42 Å². The second kappa shape index (κ2) is 7.84. The molecule has 156 valence electrons. The van der Waals surface area contributed by atoms with Crippen LogP contribution >= 0.6 is 22.9 Å². The van der Waals surface area contributed by atoms with Crippen LogP contribution < -0.4 is 10.1 Å². The number of hydrogen-bond donors (Lipinski definition) is 1. The number of hydrogen-bond acceptors (Lipinski definition) is 7. The van der Waals surface area contributed by atoms with Crippen molar-refractivity contribution >= 4 is 50.1 Å². The number of methoxy groups -OCH3 is 1. The molecule has 1 atom stereocenters. The number of thiophene rings is 1. The smallest absolute Gasteiger partial charge is 0.495 e. The van der Waals surface area contributed by atoms with Gasteiger partial charge in [0.2, 0.25) is 6.10 Å². The van der Waals surface area contributed by atoms with Crippen molar-refractivity contribution in [3.05, 3.63) is 39.5 Å². The molecule has 1 unspecified atom stereocenters. The highest BCUT2D eigenvalue weighted by Gasteiger charge is 2.47. The lowest BCUT2D eigenvalue weighted by Crippen LogP contribution is -2.28. The minimum Gasteiger partial charge on any atom is -0.495 e. The van der Waals surface area contributed by atoms with Gasteiger partial charge in [0.1, 0.15) is 11.5 Å². The summed E-state index contributed by atoms with van der Waals surface area (Å²) in [6, 6.07) is 5.80. The van der Waals surface area contributed by atoms with E-state index in [-0.39, 0.29) is 17.9 Å². The monoisotopic (exact) mass is 468 g/mol. The Labute approximate surface area is 172 Å². The maximum absolute atomic E-state index is 12.8. The van der Waals surface area contributed by atoms with E-state index in [1.165, 1.54) is 18.4 Å². The molecule has 1 amide bonds. The molecular formula is C16H12ClF3N2O5S2. The summed E-state index contributed by atoms with van der Waals surface area (Å²) in [5.41, 5.74) is -5.25. The Kier molecular flexibility index (Phi) is 5.79. The Hall–Kier alpha value is -2.31. The fourth-order valence-electron chi connectivity index (χ4n) is 2.43. The molecule has 0 spiro atoms. The van der Waals surface area contributed by atoms with Crippen molar-refractivity contribution in [3.8, 4) is 5.75 Å². The highest BCUT2D eigenvalue weighted by molar-refractivity contribution is 7.92. The molecule has 13 heteroatoms. The zero-order valence-corrected chi connectivity index (χ0v) is 16.9. The van der Waals surface area contributed by atoms with Gasteiger partial charge in [0.05, 0.1) is 26.9 Å². The summed E-state index contributed by atoms with van der Waals surface area (Å²) in [7, 11) is -4.37. The molecule has 1 aliphatic rings. The van der Waals surface area contributed by atoms with Crippen LogP contribution in [0.15, 0.2) is 40.4 Å². The van der Waals surface area contributed by atoms with E-state index in [9.17, 15) is 26.4 Å². The summed E-state index contributed by atoms with van der Waals surface area (Å²) in [5.74, 6) is -0.755. The minimum atomic E-state index is -5.59. The number of ether oxygens (including phenoxy) is 1. The molecule has 1 aromatic heterocycles. The molecule has 0 bridgehead atoms.